The first kappa shape index (κ1) is 17.4. The number of carboxylic acid groups (broad SMARTS) is 1. The minimum Gasteiger partial charge on any atom is -0.481 e. The lowest BCUT2D eigenvalue weighted by atomic mass is 9.96. The van der Waals surface area contributed by atoms with Gasteiger partial charge in [0.1, 0.15) is 0 Å². The van der Waals surface area contributed by atoms with Crippen molar-refractivity contribution in [3.63, 3.8) is 0 Å². The molecule has 2 unspecified atom stereocenters. The molecule has 0 aliphatic carbocycles. The van der Waals surface area contributed by atoms with E-state index in [1.165, 1.54) is 24.3 Å². The van der Waals surface area contributed by atoms with Crippen LogP contribution in [0.3, 0.4) is 0 Å². The third-order valence-corrected chi connectivity index (χ3v) is 5.96. The summed E-state index contributed by atoms with van der Waals surface area (Å²) in [7, 11) is -3.84. The Bertz CT molecular complexity index is 718. The van der Waals surface area contributed by atoms with E-state index in [4.69, 9.17) is 5.11 Å². The summed E-state index contributed by atoms with van der Waals surface area (Å²) in [4.78, 5) is 21.5. The van der Waals surface area contributed by atoms with E-state index in [1.807, 2.05) is 0 Å². The number of piperidine rings is 1. The van der Waals surface area contributed by atoms with E-state index >= 15 is 0 Å². The van der Waals surface area contributed by atoms with E-state index in [9.17, 15) is 23.3 Å². The van der Waals surface area contributed by atoms with Crippen molar-refractivity contribution in [2.24, 2.45) is 5.92 Å². The van der Waals surface area contributed by atoms with Crippen LogP contribution in [0.15, 0.2) is 24.3 Å². The van der Waals surface area contributed by atoms with Crippen molar-refractivity contribution in [2.45, 2.75) is 31.6 Å². The Hall–Kier alpha value is -2.00. The molecule has 1 aliphatic rings. The number of benzene rings is 1. The molecule has 9 heteroatoms. The van der Waals surface area contributed by atoms with Crippen molar-refractivity contribution in [3.8, 4) is 0 Å². The fourth-order valence-corrected chi connectivity index (χ4v) is 4.62. The molecular formula is C14H18N2O6S. The Balaban J connectivity index is 2.28. The first-order valence-corrected chi connectivity index (χ1v) is 8.78. The Morgan fingerprint density at radius 2 is 2.04 bits per heavy atom. The Morgan fingerprint density at radius 3 is 2.65 bits per heavy atom. The second-order valence-corrected chi connectivity index (χ2v) is 7.59. The monoisotopic (exact) mass is 342 g/mol. The molecule has 0 saturated carbocycles. The van der Waals surface area contributed by atoms with Gasteiger partial charge in [-0.25, -0.2) is 8.42 Å². The number of para-hydroxylation sites is 1. The van der Waals surface area contributed by atoms with Gasteiger partial charge in [-0.05, 0) is 19.8 Å². The van der Waals surface area contributed by atoms with Crippen molar-refractivity contribution < 1.29 is 23.2 Å². The zero-order valence-electron chi connectivity index (χ0n) is 12.6. The fourth-order valence-electron chi connectivity index (χ4n) is 2.75. The number of nitro benzene ring substituents is 1. The van der Waals surface area contributed by atoms with Gasteiger partial charge in [-0.1, -0.05) is 18.2 Å². The van der Waals surface area contributed by atoms with E-state index in [0.717, 1.165) is 4.31 Å². The predicted molar refractivity (Wildman–Crippen MR) is 82.2 cm³/mol. The quantitative estimate of drug-likeness (QED) is 0.641. The summed E-state index contributed by atoms with van der Waals surface area (Å²) in [6.45, 7) is 1.62. The second-order valence-electron chi connectivity index (χ2n) is 5.67. The van der Waals surface area contributed by atoms with E-state index < -0.39 is 32.6 Å². The minimum absolute atomic E-state index is 0.0978. The maximum absolute atomic E-state index is 12.6. The number of hydrogen-bond donors (Lipinski definition) is 1. The summed E-state index contributed by atoms with van der Waals surface area (Å²) < 4.78 is 26.4. The van der Waals surface area contributed by atoms with E-state index in [1.54, 1.807) is 6.92 Å². The second kappa shape index (κ2) is 6.63. The summed E-state index contributed by atoms with van der Waals surface area (Å²) in [5.41, 5.74) is -0.155. The van der Waals surface area contributed by atoms with Gasteiger partial charge in [0.25, 0.3) is 5.69 Å². The van der Waals surface area contributed by atoms with Crippen molar-refractivity contribution >= 4 is 21.7 Å². The summed E-state index contributed by atoms with van der Waals surface area (Å²) in [6.07, 6.45) is 0.876. The molecule has 2 atom stereocenters. The lowest BCUT2D eigenvalue weighted by Gasteiger charge is -2.35. The number of nitrogens with zero attached hydrogens (tertiary/aromatic N) is 2. The molecule has 8 nitrogen and oxygen atoms in total. The third kappa shape index (κ3) is 3.85. The highest BCUT2D eigenvalue weighted by Gasteiger charge is 2.37. The smallest absolute Gasteiger partial charge is 0.307 e. The van der Waals surface area contributed by atoms with Crippen LogP contribution >= 0.6 is 0 Å². The number of carbonyl (C=O) groups is 1. The van der Waals surface area contributed by atoms with E-state index in [2.05, 4.69) is 0 Å². The van der Waals surface area contributed by atoms with Crippen LogP contribution in [0.1, 0.15) is 25.3 Å². The van der Waals surface area contributed by atoms with Crippen LogP contribution in [-0.2, 0) is 20.6 Å². The van der Waals surface area contributed by atoms with Crippen LogP contribution < -0.4 is 0 Å². The van der Waals surface area contributed by atoms with Crippen molar-refractivity contribution in [1.82, 2.24) is 4.31 Å². The number of carboxylic acids is 1. The van der Waals surface area contributed by atoms with Crippen LogP contribution in [0.4, 0.5) is 5.69 Å². The fraction of sp³-hybridized carbons (Fsp3) is 0.500. The summed E-state index contributed by atoms with van der Waals surface area (Å²) in [5, 5.41) is 20.1. The van der Waals surface area contributed by atoms with Gasteiger partial charge in [0.15, 0.2) is 0 Å². The molecule has 0 bridgehead atoms. The number of sulfonamides is 1. The molecule has 0 radical (unpaired) electrons. The van der Waals surface area contributed by atoms with Crippen LogP contribution in [-0.4, -0.2) is 41.3 Å². The van der Waals surface area contributed by atoms with Crippen molar-refractivity contribution in [2.75, 3.05) is 6.54 Å². The van der Waals surface area contributed by atoms with Crippen LogP contribution in [0.25, 0.3) is 0 Å². The number of rotatable bonds is 5. The van der Waals surface area contributed by atoms with Gasteiger partial charge in [-0.2, -0.15) is 4.31 Å². The Labute approximate surface area is 133 Å². The highest BCUT2D eigenvalue weighted by molar-refractivity contribution is 7.88. The average Bonchev–Trinajstić information content (AvgIpc) is 2.47. The van der Waals surface area contributed by atoms with Crippen LogP contribution in [0.2, 0.25) is 0 Å². The molecule has 0 spiro atoms. The van der Waals surface area contributed by atoms with E-state index in [-0.39, 0.29) is 23.8 Å². The molecule has 1 heterocycles. The Morgan fingerprint density at radius 1 is 1.39 bits per heavy atom. The number of aliphatic carboxylic acids is 1. The number of nitro groups is 1. The zero-order valence-corrected chi connectivity index (χ0v) is 13.4. The Kier molecular flexibility index (Phi) is 5.00. The van der Waals surface area contributed by atoms with Gasteiger partial charge in [-0.3, -0.25) is 14.9 Å². The molecule has 126 valence electrons. The highest BCUT2D eigenvalue weighted by atomic mass is 32.2. The lowest BCUT2D eigenvalue weighted by Crippen LogP contribution is -2.47. The molecule has 0 amide bonds. The SMILES string of the molecule is CC1CCC(C(=O)O)CN1S(=O)(=O)Cc1ccccc1[N+](=O)[O-]. The van der Waals surface area contributed by atoms with Crippen LogP contribution in [0.5, 0.6) is 0 Å². The van der Waals surface area contributed by atoms with Crippen LogP contribution in [0, 0.1) is 16.0 Å². The number of hydrogen-bond acceptors (Lipinski definition) is 5. The standard InChI is InChI=1S/C14H18N2O6S/c1-10-6-7-11(14(17)18)8-15(10)23(21,22)9-12-4-2-3-5-13(12)16(19)20/h2-5,10-11H,6-9H2,1H3,(H,17,18). The summed E-state index contributed by atoms with van der Waals surface area (Å²) >= 11 is 0. The first-order valence-electron chi connectivity index (χ1n) is 7.17. The molecule has 23 heavy (non-hydrogen) atoms. The van der Waals surface area contributed by atoms with Gasteiger partial charge < -0.3 is 5.11 Å². The molecule has 1 N–H and O–H groups in total. The van der Waals surface area contributed by atoms with Gasteiger partial charge in [0.2, 0.25) is 10.0 Å². The molecule has 2 rings (SSSR count). The van der Waals surface area contributed by atoms with Gasteiger partial charge >= 0.3 is 5.97 Å². The summed E-state index contributed by atoms with van der Waals surface area (Å²) in [6, 6.07) is 5.35. The molecule has 1 saturated heterocycles. The topological polar surface area (TPSA) is 118 Å². The molecular weight excluding hydrogens is 324 g/mol. The molecule has 1 aliphatic heterocycles. The largest absolute Gasteiger partial charge is 0.481 e. The van der Waals surface area contributed by atoms with Gasteiger partial charge in [-0.15, -0.1) is 0 Å². The highest BCUT2D eigenvalue weighted by Crippen LogP contribution is 2.28. The molecule has 1 fully saturated rings. The maximum atomic E-state index is 12.6. The van der Waals surface area contributed by atoms with Crippen molar-refractivity contribution in [1.29, 1.82) is 0 Å². The first-order chi connectivity index (χ1) is 10.7. The summed E-state index contributed by atoms with van der Waals surface area (Å²) in [5.74, 6) is -2.28. The zero-order chi connectivity index (χ0) is 17.2. The van der Waals surface area contributed by atoms with Gasteiger partial charge in [0.05, 0.1) is 16.6 Å². The van der Waals surface area contributed by atoms with E-state index in [0.29, 0.717) is 12.8 Å². The van der Waals surface area contributed by atoms with Gasteiger partial charge in [0, 0.05) is 24.2 Å². The van der Waals surface area contributed by atoms with Crippen molar-refractivity contribution in [3.05, 3.63) is 39.9 Å². The average molecular weight is 342 g/mol. The maximum Gasteiger partial charge on any atom is 0.307 e. The predicted octanol–water partition coefficient (Wildman–Crippen LogP) is 1.61. The molecule has 1 aromatic rings. The lowest BCUT2D eigenvalue weighted by molar-refractivity contribution is -0.385. The normalized spacial score (nSPS) is 22.7. The third-order valence-electron chi connectivity index (χ3n) is 4.06. The minimum atomic E-state index is -3.84. The molecule has 1 aromatic carbocycles. The molecule has 0 aromatic heterocycles.